The molecule has 0 saturated carbocycles. The first-order valence-electron chi connectivity index (χ1n) is 6.06. The van der Waals surface area contributed by atoms with Crippen molar-refractivity contribution >= 4 is 60.7 Å². The number of halogens is 2. The summed E-state index contributed by atoms with van der Waals surface area (Å²) in [5.41, 5.74) is 8.45. The molecule has 0 bridgehead atoms. The summed E-state index contributed by atoms with van der Waals surface area (Å²) in [4.78, 5) is 12.7. The van der Waals surface area contributed by atoms with E-state index in [1.54, 1.807) is 18.2 Å². The second-order valence-electron chi connectivity index (χ2n) is 4.44. The third-order valence-corrected chi connectivity index (χ3v) is 4.70. The third kappa shape index (κ3) is 3.70. The van der Waals surface area contributed by atoms with Crippen LogP contribution in [0.15, 0.2) is 45.3 Å². The molecule has 0 fully saturated rings. The average molecular weight is 428 g/mol. The van der Waals surface area contributed by atoms with Crippen LogP contribution in [0.5, 0.6) is 0 Å². The standard InChI is InChI=1S/C15H12Br2N2OS/c1-8-3-2-4-11(13(8)17)15(20)19-12-7-9(16)5-6-10(12)14(18)21/h2-7H,1H3,(H2,18,21)(H,19,20). The molecule has 2 aromatic carbocycles. The monoisotopic (exact) mass is 426 g/mol. The zero-order chi connectivity index (χ0) is 15.6. The molecule has 0 unspecified atom stereocenters. The summed E-state index contributed by atoms with van der Waals surface area (Å²) in [6.45, 7) is 1.93. The highest BCUT2D eigenvalue weighted by Crippen LogP contribution is 2.25. The Bertz CT molecular complexity index is 732. The molecule has 0 aliphatic rings. The van der Waals surface area contributed by atoms with Gasteiger partial charge in [-0.15, -0.1) is 0 Å². The number of anilines is 1. The Morgan fingerprint density at radius 2 is 1.90 bits per heavy atom. The average Bonchev–Trinajstić information content (AvgIpc) is 2.41. The predicted octanol–water partition coefficient (Wildman–Crippen LogP) is 4.41. The molecule has 1 amide bonds. The Morgan fingerprint density at radius 3 is 2.57 bits per heavy atom. The van der Waals surface area contributed by atoms with E-state index in [0.29, 0.717) is 16.8 Å². The highest BCUT2D eigenvalue weighted by Gasteiger charge is 2.14. The van der Waals surface area contributed by atoms with Gasteiger partial charge in [0, 0.05) is 14.5 Å². The van der Waals surface area contributed by atoms with Crippen LogP contribution in [0.2, 0.25) is 0 Å². The van der Waals surface area contributed by atoms with Crippen LogP contribution < -0.4 is 11.1 Å². The predicted molar refractivity (Wildman–Crippen MR) is 96.9 cm³/mol. The molecule has 108 valence electrons. The van der Waals surface area contributed by atoms with Crippen LogP contribution in [0.4, 0.5) is 5.69 Å². The van der Waals surface area contributed by atoms with Crippen LogP contribution in [0.1, 0.15) is 21.5 Å². The van der Waals surface area contributed by atoms with Crippen LogP contribution in [-0.4, -0.2) is 10.9 Å². The second kappa shape index (κ2) is 6.68. The molecule has 0 saturated heterocycles. The number of aryl methyl sites for hydroxylation is 1. The summed E-state index contributed by atoms with van der Waals surface area (Å²) in [6, 6.07) is 10.9. The van der Waals surface area contributed by atoms with Crippen molar-refractivity contribution < 1.29 is 4.79 Å². The smallest absolute Gasteiger partial charge is 0.256 e. The summed E-state index contributed by atoms with van der Waals surface area (Å²) in [6.07, 6.45) is 0. The van der Waals surface area contributed by atoms with E-state index in [1.165, 1.54) is 0 Å². The van der Waals surface area contributed by atoms with E-state index in [0.717, 1.165) is 14.5 Å². The van der Waals surface area contributed by atoms with Crippen molar-refractivity contribution in [3.8, 4) is 0 Å². The number of rotatable bonds is 3. The number of carbonyl (C=O) groups is 1. The van der Waals surface area contributed by atoms with Crippen molar-refractivity contribution in [3.63, 3.8) is 0 Å². The molecule has 3 nitrogen and oxygen atoms in total. The molecule has 0 aromatic heterocycles. The molecule has 0 aliphatic heterocycles. The maximum absolute atomic E-state index is 12.4. The summed E-state index contributed by atoms with van der Waals surface area (Å²) < 4.78 is 1.61. The molecule has 2 aromatic rings. The van der Waals surface area contributed by atoms with Crippen LogP contribution in [-0.2, 0) is 0 Å². The van der Waals surface area contributed by atoms with Gasteiger partial charge < -0.3 is 11.1 Å². The van der Waals surface area contributed by atoms with Crippen molar-refractivity contribution in [1.82, 2.24) is 0 Å². The van der Waals surface area contributed by atoms with Gasteiger partial charge >= 0.3 is 0 Å². The van der Waals surface area contributed by atoms with Crippen molar-refractivity contribution in [2.45, 2.75) is 6.92 Å². The van der Waals surface area contributed by atoms with Crippen molar-refractivity contribution in [3.05, 3.63) is 62.0 Å². The van der Waals surface area contributed by atoms with E-state index >= 15 is 0 Å². The Labute approximate surface area is 145 Å². The number of nitrogens with one attached hydrogen (secondary N) is 1. The Morgan fingerprint density at radius 1 is 1.19 bits per heavy atom. The van der Waals surface area contributed by atoms with Crippen molar-refractivity contribution in [2.75, 3.05) is 5.32 Å². The molecule has 3 N–H and O–H groups in total. The number of hydrogen-bond donors (Lipinski definition) is 2. The van der Waals surface area contributed by atoms with Gasteiger partial charge in [-0.25, -0.2) is 0 Å². The zero-order valence-corrected chi connectivity index (χ0v) is 15.1. The molecule has 0 radical (unpaired) electrons. The fourth-order valence-corrected chi connectivity index (χ4v) is 2.83. The van der Waals surface area contributed by atoms with Gasteiger partial charge in [-0.3, -0.25) is 4.79 Å². The highest BCUT2D eigenvalue weighted by molar-refractivity contribution is 9.10. The lowest BCUT2D eigenvalue weighted by molar-refractivity contribution is 0.102. The van der Waals surface area contributed by atoms with Crippen LogP contribution in [0.25, 0.3) is 0 Å². The van der Waals surface area contributed by atoms with Gasteiger partial charge in [0.1, 0.15) is 4.99 Å². The first-order chi connectivity index (χ1) is 9.90. The number of carbonyl (C=O) groups excluding carboxylic acids is 1. The van der Waals surface area contributed by atoms with E-state index in [2.05, 4.69) is 37.2 Å². The van der Waals surface area contributed by atoms with Gasteiger partial charge in [0.25, 0.3) is 5.91 Å². The number of benzene rings is 2. The molecule has 0 aliphatic carbocycles. The van der Waals surface area contributed by atoms with E-state index in [4.69, 9.17) is 18.0 Å². The molecule has 0 heterocycles. The van der Waals surface area contributed by atoms with Crippen LogP contribution in [0.3, 0.4) is 0 Å². The maximum atomic E-state index is 12.4. The summed E-state index contributed by atoms with van der Waals surface area (Å²) in [5.74, 6) is -0.221. The minimum atomic E-state index is -0.221. The lowest BCUT2D eigenvalue weighted by Gasteiger charge is -2.12. The second-order valence-corrected chi connectivity index (χ2v) is 6.59. The highest BCUT2D eigenvalue weighted by atomic mass is 79.9. The first-order valence-corrected chi connectivity index (χ1v) is 8.05. The molecular formula is C15H12Br2N2OS. The lowest BCUT2D eigenvalue weighted by Crippen LogP contribution is -2.18. The number of hydrogen-bond acceptors (Lipinski definition) is 2. The molecule has 0 spiro atoms. The topological polar surface area (TPSA) is 55.1 Å². The summed E-state index contributed by atoms with van der Waals surface area (Å²) >= 11 is 11.8. The maximum Gasteiger partial charge on any atom is 0.256 e. The molecular weight excluding hydrogens is 416 g/mol. The number of amides is 1. The van der Waals surface area contributed by atoms with Crippen LogP contribution >= 0.6 is 44.1 Å². The SMILES string of the molecule is Cc1cccc(C(=O)Nc2cc(Br)ccc2C(N)=S)c1Br. The molecule has 0 atom stereocenters. The number of thiocarbonyl (C=S) groups is 1. The van der Waals surface area contributed by atoms with Gasteiger partial charge in [0.05, 0.1) is 11.3 Å². The first kappa shape index (κ1) is 16.1. The Hall–Kier alpha value is -1.24. The quantitative estimate of drug-likeness (QED) is 0.713. The van der Waals surface area contributed by atoms with Gasteiger partial charge in [-0.05, 0) is 52.7 Å². The normalized spacial score (nSPS) is 10.2. The molecule has 6 heteroatoms. The van der Waals surface area contributed by atoms with Gasteiger partial charge in [-0.1, -0.05) is 40.3 Å². The fraction of sp³-hybridized carbons (Fsp3) is 0.0667. The minimum Gasteiger partial charge on any atom is -0.389 e. The van der Waals surface area contributed by atoms with Gasteiger partial charge in [0.2, 0.25) is 0 Å². The fourth-order valence-electron chi connectivity index (χ4n) is 1.85. The Kier molecular flexibility index (Phi) is 5.13. The minimum absolute atomic E-state index is 0.221. The van der Waals surface area contributed by atoms with Gasteiger partial charge in [0.15, 0.2) is 0 Å². The van der Waals surface area contributed by atoms with Crippen molar-refractivity contribution in [2.24, 2.45) is 5.73 Å². The molecule has 21 heavy (non-hydrogen) atoms. The molecule has 2 rings (SSSR count). The number of nitrogens with two attached hydrogens (primary N) is 1. The van der Waals surface area contributed by atoms with Crippen LogP contribution in [0, 0.1) is 6.92 Å². The van der Waals surface area contributed by atoms with E-state index in [-0.39, 0.29) is 10.9 Å². The summed E-state index contributed by atoms with van der Waals surface area (Å²) in [7, 11) is 0. The Balaban J connectivity index is 2.38. The van der Waals surface area contributed by atoms with Crippen molar-refractivity contribution in [1.29, 1.82) is 0 Å². The zero-order valence-electron chi connectivity index (χ0n) is 11.1. The van der Waals surface area contributed by atoms with E-state index in [1.807, 2.05) is 25.1 Å². The largest absolute Gasteiger partial charge is 0.389 e. The van der Waals surface area contributed by atoms with E-state index < -0.39 is 0 Å². The lowest BCUT2D eigenvalue weighted by atomic mass is 10.1. The third-order valence-electron chi connectivity index (χ3n) is 2.93. The van der Waals surface area contributed by atoms with E-state index in [9.17, 15) is 4.79 Å². The summed E-state index contributed by atoms with van der Waals surface area (Å²) in [5, 5.41) is 2.85. The van der Waals surface area contributed by atoms with Gasteiger partial charge in [-0.2, -0.15) is 0 Å².